The zero-order chi connectivity index (χ0) is 13.3. The van der Waals surface area contributed by atoms with E-state index in [1.54, 1.807) is 0 Å². The second-order valence-corrected chi connectivity index (χ2v) is 3.35. The zero-order valence-electron chi connectivity index (χ0n) is 9.11. The van der Waals surface area contributed by atoms with Crippen LogP contribution in [0.1, 0.15) is 10.5 Å². The summed E-state index contributed by atoms with van der Waals surface area (Å²) in [6, 6.07) is 2.86. The number of nitrogens with zero attached hydrogens (tertiary/aromatic N) is 1. The maximum atomic E-state index is 13.6. The largest absolute Gasteiger partial charge is 0.497 e. The van der Waals surface area contributed by atoms with Crippen LogP contribution < -0.4 is 4.74 Å². The average molecular weight is 255 g/mol. The Morgan fingerprint density at radius 1 is 1.33 bits per heavy atom. The van der Waals surface area contributed by atoms with Crippen LogP contribution in [0.4, 0.5) is 8.78 Å². The van der Waals surface area contributed by atoms with E-state index < -0.39 is 28.9 Å². The molecule has 5 nitrogen and oxygen atoms in total. The Hall–Kier alpha value is -2.44. The van der Waals surface area contributed by atoms with Gasteiger partial charge in [0.2, 0.25) is 0 Å². The predicted molar refractivity (Wildman–Crippen MR) is 55.4 cm³/mol. The van der Waals surface area contributed by atoms with Crippen LogP contribution in [-0.2, 0) is 0 Å². The van der Waals surface area contributed by atoms with Crippen molar-refractivity contribution in [2.45, 2.75) is 0 Å². The highest BCUT2D eigenvalue weighted by Crippen LogP contribution is 2.30. The van der Waals surface area contributed by atoms with E-state index in [-0.39, 0.29) is 11.5 Å². The van der Waals surface area contributed by atoms with E-state index in [1.807, 2.05) is 0 Å². The highest BCUT2D eigenvalue weighted by Gasteiger charge is 2.20. The van der Waals surface area contributed by atoms with Gasteiger partial charge < -0.3 is 14.4 Å². The number of halogens is 2. The molecule has 0 unspecified atom stereocenters. The first-order valence-corrected chi connectivity index (χ1v) is 4.76. The Bertz CT molecular complexity index is 586. The Balaban J connectivity index is 2.53. The molecule has 0 fully saturated rings. The minimum atomic E-state index is -1.35. The number of carboxylic acids is 1. The normalized spacial score (nSPS) is 10.4. The third-order valence-electron chi connectivity index (χ3n) is 2.23. The van der Waals surface area contributed by atoms with Gasteiger partial charge in [0, 0.05) is 18.2 Å². The molecule has 1 N–H and O–H groups in total. The summed E-state index contributed by atoms with van der Waals surface area (Å²) in [6.45, 7) is 0. The molecule has 0 saturated carbocycles. The van der Waals surface area contributed by atoms with Crippen molar-refractivity contribution >= 4 is 5.97 Å². The molecule has 0 aliphatic carbocycles. The first-order chi connectivity index (χ1) is 8.52. The Kier molecular flexibility index (Phi) is 2.97. The number of aromatic nitrogens is 1. The van der Waals surface area contributed by atoms with Crippen molar-refractivity contribution in [2.24, 2.45) is 0 Å². The molecule has 0 bridgehead atoms. The van der Waals surface area contributed by atoms with Crippen molar-refractivity contribution in [3.63, 3.8) is 0 Å². The third kappa shape index (κ3) is 2.02. The molecule has 1 heterocycles. The molecular formula is C11H7F2NO4. The van der Waals surface area contributed by atoms with Crippen molar-refractivity contribution in [3.8, 4) is 17.1 Å². The summed E-state index contributed by atoms with van der Waals surface area (Å²) < 4.78 is 36.6. The number of benzene rings is 1. The van der Waals surface area contributed by atoms with Gasteiger partial charge in [-0.3, -0.25) is 0 Å². The molecule has 0 radical (unpaired) electrons. The Labute approximate surface area is 99.6 Å². The summed E-state index contributed by atoms with van der Waals surface area (Å²) in [5.74, 6) is -3.50. The van der Waals surface area contributed by atoms with Crippen LogP contribution in [0.15, 0.2) is 22.7 Å². The summed E-state index contributed by atoms with van der Waals surface area (Å²) in [7, 11) is 1.27. The van der Waals surface area contributed by atoms with Crippen molar-refractivity contribution in [1.82, 2.24) is 5.16 Å². The lowest BCUT2D eigenvalue weighted by Crippen LogP contribution is -1.95. The van der Waals surface area contributed by atoms with Crippen LogP contribution in [0.2, 0.25) is 0 Å². The highest BCUT2D eigenvalue weighted by atomic mass is 19.1. The van der Waals surface area contributed by atoms with Crippen LogP contribution in [0, 0.1) is 11.6 Å². The van der Waals surface area contributed by atoms with Gasteiger partial charge >= 0.3 is 5.97 Å². The van der Waals surface area contributed by atoms with Gasteiger partial charge in [-0.2, -0.15) is 0 Å². The topological polar surface area (TPSA) is 72.6 Å². The summed E-state index contributed by atoms with van der Waals surface area (Å²) >= 11 is 0. The number of aromatic carboxylic acids is 1. The van der Waals surface area contributed by atoms with Crippen molar-refractivity contribution in [3.05, 3.63) is 35.5 Å². The molecule has 2 aromatic rings. The van der Waals surface area contributed by atoms with Crippen LogP contribution >= 0.6 is 0 Å². The van der Waals surface area contributed by atoms with Crippen LogP contribution in [0.3, 0.4) is 0 Å². The fourth-order valence-electron chi connectivity index (χ4n) is 1.40. The summed E-state index contributed by atoms with van der Waals surface area (Å²) in [5.41, 5.74) is -0.921. The van der Waals surface area contributed by atoms with Crippen molar-refractivity contribution in [2.75, 3.05) is 7.11 Å². The van der Waals surface area contributed by atoms with Crippen LogP contribution in [0.25, 0.3) is 11.3 Å². The lowest BCUT2D eigenvalue weighted by molar-refractivity contribution is 0.0686. The number of methoxy groups -OCH3 is 1. The number of carbonyl (C=O) groups is 1. The van der Waals surface area contributed by atoms with Crippen molar-refractivity contribution < 1.29 is 27.9 Å². The molecule has 0 atom stereocenters. The fourth-order valence-corrected chi connectivity index (χ4v) is 1.40. The molecule has 2 rings (SSSR count). The molecular weight excluding hydrogens is 248 g/mol. The molecule has 18 heavy (non-hydrogen) atoms. The molecule has 1 aromatic heterocycles. The first-order valence-electron chi connectivity index (χ1n) is 4.76. The van der Waals surface area contributed by atoms with E-state index in [0.717, 1.165) is 18.2 Å². The van der Waals surface area contributed by atoms with Gasteiger partial charge in [0.15, 0.2) is 11.5 Å². The molecule has 7 heteroatoms. The zero-order valence-corrected chi connectivity index (χ0v) is 9.11. The Morgan fingerprint density at radius 2 is 1.94 bits per heavy atom. The molecule has 0 amide bonds. The lowest BCUT2D eigenvalue weighted by Gasteiger charge is -2.04. The number of ether oxygens (including phenoxy) is 1. The van der Waals surface area contributed by atoms with Gasteiger partial charge in [0.1, 0.15) is 17.4 Å². The Morgan fingerprint density at radius 3 is 2.39 bits per heavy atom. The minimum absolute atomic E-state index is 0.00623. The van der Waals surface area contributed by atoms with Gasteiger partial charge in [-0.15, -0.1) is 0 Å². The molecule has 0 spiro atoms. The fraction of sp³-hybridized carbons (Fsp3) is 0.0909. The molecule has 1 aromatic carbocycles. The van der Waals surface area contributed by atoms with E-state index in [0.29, 0.717) is 0 Å². The average Bonchev–Trinajstić information content (AvgIpc) is 2.77. The van der Waals surface area contributed by atoms with Gasteiger partial charge in [-0.05, 0) is 0 Å². The molecule has 94 valence electrons. The first kappa shape index (κ1) is 12.0. The molecule has 0 aliphatic heterocycles. The van der Waals surface area contributed by atoms with Crippen LogP contribution in [-0.4, -0.2) is 23.3 Å². The van der Waals surface area contributed by atoms with Gasteiger partial charge in [0.25, 0.3) is 0 Å². The highest BCUT2D eigenvalue weighted by molar-refractivity contribution is 5.86. The minimum Gasteiger partial charge on any atom is -0.497 e. The van der Waals surface area contributed by atoms with Gasteiger partial charge in [-0.1, -0.05) is 5.16 Å². The number of hydrogen-bond acceptors (Lipinski definition) is 4. The lowest BCUT2D eigenvalue weighted by atomic mass is 10.1. The molecule has 0 saturated heterocycles. The van der Waals surface area contributed by atoms with E-state index in [2.05, 4.69) is 14.4 Å². The van der Waals surface area contributed by atoms with Crippen molar-refractivity contribution in [1.29, 1.82) is 0 Å². The second-order valence-electron chi connectivity index (χ2n) is 3.35. The number of carboxylic acid groups (broad SMARTS) is 1. The van der Waals surface area contributed by atoms with E-state index in [1.165, 1.54) is 7.11 Å². The van der Waals surface area contributed by atoms with E-state index in [9.17, 15) is 13.6 Å². The maximum absolute atomic E-state index is 13.6. The number of rotatable bonds is 3. The smallest absolute Gasteiger partial charge is 0.358 e. The van der Waals surface area contributed by atoms with Gasteiger partial charge in [0.05, 0.1) is 12.7 Å². The quantitative estimate of drug-likeness (QED) is 0.911. The van der Waals surface area contributed by atoms with E-state index >= 15 is 0 Å². The third-order valence-corrected chi connectivity index (χ3v) is 2.23. The second kappa shape index (κ2) is 4.44. The van der Waals surface area contributed by atoms with Gasteiger partial charge in [-0.25, -0.2) is 13.6 Å². The van der Waals surface area contributed by atoms with Crippen LogP contribution in [0.5, 0.6) is 5.75 Å². The maximum Gasteiger partial charge on any atom is 0.358 e. The summed E-state index contributed by atoms with van der Waals surface area (Å²) in [5, 5.41) is 11.8. The van der Waals surface area contributed by atoms with E-state index in [4.69, 9.17) is 5.11 Å². The molecule has 0 aliphatic rings. The SMILES string of the molecule is COc1cc(F)c(-c2cc(C(=O)O)no2)c(F)c1. The standard InChI is InChI=1S/C11H7F2NO4/c1-17-5-2-6(12)10(7(13)3-5)9-4-8(11(15)16)14-18-9/h2-4H,1H3,(H,15,16). The number of hydrogen-bond donors (Lipinski definition) is 1. The monoisotopic (exact) mass is 255 g/mol. The predicted octanol–water partition coefficient (Wildman–Crippen LogP) is 2.33. The summed E-state index contributed by atoms with van der Waals surface area (Å²) in [4.78, 5) is 10.6. The summed E-state index contributed by atoms with van der Waals surface area (Å²) in [6.07, 6.45) is 0.